The molecule has 1 aromatic heterocycles. The number of aliphatic hydroxyl groups is 1. The second-order valence-electron chi connectivity index (χ2n) is 3.30. The van der Waals surface area contributed by atoms with Crippen molar-refractivity contribution in [2.45, 2.75) is 13.8 Å². The lowest BCUT2D eigenvalue weighted by Gasteiger charge is -2.00. The van der Waals surface area contributed by atoms with E-state index in [0.717, 1.165) is 0 Å². The summed E-state index contributed by atoms with van der Waals surface area (Å²) in [5.74, 6) is 0.646. The van der Waals surface area contributed by atoms with E-state index >= 15 is 0 Å². The van der Waals surface area contributed by atoms with Crippen LogP contribution in [-0.4, -0.2) is 33.5 Å². The summed E-state index contributed by atoms with van der Waals surface area (Å²) in [5.41, 5.74) is 15.4. The van der Waals surface area contributed by atoms with Gasteiger partial charge in [-0.25, -0.2) is 0 Å². The van der Waals surface area contributed by atoms with Gasteiger partial charge in [0.2, 0.25) is 17.8 Å². The highest BCUT2D eigenvalue weighted by atomic mass is 16.6. The molecule has 1 rings (SSSR count). The smallest absolute Gasteiger partial charge is 0.226 e. The van der Waals surface area contributed by atoms with Gasteiger partial charge in [0, 0.05) is 0 Å². The van der Waals surface area contributed by atoms with E-state index < -0.39 is 0 Å². The summed E-state index contributed by atoms with van der Waals surface area (Å²) in [5, 5.41) is 8.09. The van der Waals surface area contributed by atoms with Crippen molar-refractivity contribution in [2.24, 2.45) is 5.92 Å². The lowest BCUT2D eigenvalue weighted by Crippen LogP contribution is -2.05. The zero-order valence-corrected chi connectivity index (χ0v) is 9.42. The highest BCUT2D eigenvalue weighted by Gasteiger charge is 1.93. The summed E-state index contributed by atoms with van der Waals surface area (Å²) < 4.78 is 4.65. The van der Waals surface area contributed by atoms with Gasteiger partial charge in [0.05, 0.1) is 6.61 Å². The van der Waals surface area contributed by atoms with Crippen molar-refractivity contribution >= 4 is 17.8 Å². The lowest BCUT2D eigenvalue weighted by atomic mass is 10.2. The Morgan fingerprint density at radius 3 is 1.62 bits per heavy atom. The largest absolute Gasteiger partial charge is 0.371 e. The maximum Gasteiger partial charge on any atom is 0.226 e. The van der Waals surface area contributed by atoms with Crippen molar-refractivity contribution in [3.8, 4) is 0 Å². The Kier molecular flexibility index (Phi) is 6.81. The summed E-state index contributed by atoms with van der Waals surface area (Å²) >= 11 is 0. The molecule has 16 heavy (non-hydrogen) atoms. The predicted octanol–water partition coefficient (Wildman–Crippen LogP) is -0.773. The number of nitrogens with two attached hydrogens (primary N) is 3. The van der Waals surface area contributed by atoms with E-state index in [1.807, 2.05) is 13.8 Å². The lowest BCUT2D eigenvalue weighted by molar-refractivity contribution is -0.0129. The summed E-state index contributed by atoms with van der Waals surface area (Å²) in [6.07, 6.45) is 0. The molecule has 0 unspecified atom stereocenters. The Labute approximate surface area is 93.8 Å². The molecule has 0 saturated carbocycles. The fourth-order valence-electron chi connectivity index (χ4n) is 0.715. The zero-order chi connectivity index (χ0) is 12.6. The maximum absolute atomic E-state index is 8.09. The molecule has 7 N–H and O–H groups in total. The molecule has 1 aromatic rings. The third-order valence-corrected chi connectivity index (χ3v) is 1.23. The van der Waals surface area contributed by atoms with Gasteiger partial charge >= 0.3 is 0 Å². The minimum atomic E-state index is -0.155. The van der Waals surface area contributed by atoms with Crippen LogP contribution < -0.4 is 17.2 Å². The van der Waals surface area contributed by atoms with Gasteiger partial charge in [-0.15, -0.1) is 0 Å². The molecule has 0 spiro atoms. The summed E-state index contributed by atoms with van der Waals surface area (Å²) in [7, 11) is 0. The van der Waals surface area contributed by atoms with Crippen LogP contribution >= 0.6 is 0 Å². The van der Waals surface area contributed by atoms with E-state index in [1.165, 1.54) is 0 Å². The van der Waals surface area contributed by atoms with Crippen molar-refractivity contribution in [2.75, 3.05) is 30.6 Å². The molecule has 8 heteroatoms. The monoisotopic (exact) mass is 230 g/mol. The number of nitrogen functional groups attached to an aromatic ring is 3. The van der Waals surface area contributed by atoms with Crippen LogP contribution in [0.15, 0.2) is 0 Å². The number of anilines is 3. The van der Waals surface area contributed by atoms with E-state index in [4.69, 9.17) is 22.3 Å². The highest BCUT2D eigenvalue weighted by molar-refractivity contribution is 5.33. The Morgan fingerprint density at radius 2 is 1.44 bits per heavy atom. The summed E-state index contributed by atoms with van der Waals surface area (Å²) in [6, 6.07) is 0. The minimum absolute atomic E-state index is 0.0417. The van der Waals surface area contributed by atoms with Crippen molar-refractivity contribution in [3.63, 3.8) is 0 Å². The van der Waals surface area contributed by atoms with Gasteiger partial charge < -0.3 is 27.0 Å². The van der Waals surface area contributed by atoms with Crippen molar-refractivity contribution in [1.29, 1.82) is 0 Å². The van der Waals surface area contributed by atoms with Gasteiger partial charge in [-0.3, -0.25) is 0 Å². The highest BCUT2D eigenvalue weighted by Crippen LogP contribution is 1.97. The van der Waals surface area contributed by atoms with Crippen LogP contribution in [0, 0.1) is 5.92 Å². The molecule has 0 radical (unpaired) electrons. The number of rotatable bonds is 3. The molecule has 0 fully saturated rings. The van der Waals surface area contributed by atoms with Crippen LogP contribution in [0.2, 0.25) is 0 Å². The first-order valence-electron chi connectivity index (χ1n) is 4.66. The van der Waals surface area contributed by atoms with E-state index in [9.17, 15) is 0 Å². The second kappa shape index (κ2) is 7.60. The van der Waals surface area contributed by atoms with Crippen molar-refractivity contribution in [3.05, 3.63) is 0 Å². The molecule has 0 aliphatic rings. The standard InChI is InChI=1S/C5H12O2.C3H6N6/c1-5(2)3-7-4-6;4-1-7-2(5)9-3(6)8-1/h5-6H,3-4H2,1-2H3;(H6,4,5,6,7,8,9). The molecular formula is C8H18N6O2. The second-order valence-corrected chi connectivity index (χ2v) is 3.30. The molecule has 0 aromatic carbocycles. The van der Waals surface area contributed by atoms with Crippen LogP contribution in [-0.2, 0) is 4.74 Å². The van der Waals surface area contributed by atoms with Gasteiger partial charge in [-0.1, -0.05) is 13.8 Å². The molecule has 92 valence electrons. The van der Waals surface area contributed by atoms with E-state index in [1.54, 1.807) is 0 Å². The van der Waals surface area contributed by atoms with Crippen molar-refractivity contribution in [1.82, 2.24) is 15.0 Å². The van der Waals surface area contributed by atoms with Crippen LogP contribution in [0.3, 0.4) is 0 Å². The summed E-state index contributed by atoms with van der Waals surface area (Å²) in [4.78, 5) is 10.5. The molecular weight excluding hydrogens is 212 g/mol. The molecule has 0 atom stereocenters. The molecule has 0 aliphatic carbocycles. The topological polar surface area (TPSA) is 146 Å². The Balaban J connectivity index is 0.000000293. The average Bonchev–Trinajstić information content (AvgIpc) is 2.13. The molecule has 0 saturated heterocycles. The Hall–Kier alpha value is -1.67. The summed E-state index contributed by atoms with van der Waals surface area (Å²) in [6.45, 7) is 4.57. The molecule has 0 amide bonds. The third-order valence-electron chi connectivity index (χ3n) is 1.23. The van der Waals surface area contributed by atoms with E-state index in [-0.39, 0.29) is 24.6 Å². The number of aromatic nitrogens is 3. The van der Waals surface area contributed by atoms with Crippen LogP contribution in [0.25, 0.3) is 0 Å². The van der Waals surface area contributed by atoms with Gasteiger partial charge in [-0.2, -0.15) is 15.0 Å². The van der Waals surface area contributed by atoms with E-state index in [0.29, 0.717) is 12.5 Å². The van der Waals surface area contributed by atoms with Crippen molar-refractivity contribution < 1.29 is 9.84 Å². The van der Waals surface area contributed by atoms with Gasteiger partial charge in [0.15, 0.2) is 0 Å². The first-order valence-corrected chi connectivity index (χ1v) is 4.66. The first-order chi connectivity index (χ1) is 7.45. The predicted molar refractivity (Wildman–Crippen MR) is 60.9 cm³/mol. The molecule has 8 nitrogen and oxygen atoms in total. The van der Waals surface area contributed by atoms with E-state index in [2.05, 4.69) is 19.7 Å². The number of ether oxygens (including phenoxy) is 1. The molecule has 0 bridgehead atoms. The number of aliphatic hydroxyl groups excluding tert-OH is 1. The quantitative estimate of drug-likeness (QED) is 0.495. The van der Waals surface area contributed by atoms with Crippen LogP contribution in [0.4, 0.5) is 17.8 Å². The number of nitrogens with zero attached hydrogens (tertiary/aromatic N) is 3. The zero-order valence-electron chi connectivity index (χ0n) is 9.42. The Morgan fingerprint density at radius 1 is 1.06 bits per heavy atom. The minimum Gasteiger partial charge on any atom is -0.371 e. The fourth-order valence-corrected chi connectivity index (χ4v) is 0.715. The number of hydrogen-bond donors (Lipinski definition) is 4. The van der Waals surface area contributed by atoms with Gasteiger partial charge in [0.1, 0.15) is 6.79 Å². The molecule has 1 heterocycles. The molecule has 0 aliphatic heterocycles. The number of hydrogen-bond acceptors (Lipinski definition) is 8. The Bertz CT molecular complexity index is 256. The fraction of sp³-hybridized carbons (Fsp3) is 0.625. The maximum atomic E-state index is 8.09. The normalized spacial score (nSPS) is 9.75. The van der Waals surface area contributed by atoms with Crippen LogP contribution in [0.1, 0.15) is 13.8 Å². The third kappa shape index (κ3) is 7.71. The first kappa shape index (κ1) is 14.3. The van der Waals surface area contributed by atoms with Crippen LogP contribution in [0.5, 0.6) is 0 Å². The van der Waals surface area contributed by atoms with Gasteiger partial charge in [0.25, 0.3) is 0 Å². The van der Waals surface area contributed by atoms with Gasteiger partial charge in [-0.05, 0) is 5.92 Å². The average molecular weight is 230 g/mol. The SMILES string of the molecule is CC(C)COCO.Nc1nc(N)nc(N)n1.